The molecule has 1 radical (unpaired) electrons. The third-order valence-electron chi connectivity index (χ3n) is 0. The maximum absolute atomic E-state index is 5.75. The van der Waals surface area contributed by atoms with Gasteiger partial charge in [-0.1, -0.05) is 0 Å². The summed E-state index contributed by atoms with van der Waals surface area (Å²) in [5.74, 6) is 0. The summed E-state index contributed by atoms with van der Waals surface area (Å²) in [7, 11) is 1.25. The molecular weight excluding hydrogens is 231 g/mol. The number of hydrogen-bond donors (Lipinski definition) is 0. The Hall–Kier alpha value is 0.700. The van der Waals surface area contributed by atoms with Gasteiger partial charge in [-0.05, 0) is 0 Å². The molecule has 0 aliphatic heterocycles. The summed E-state index contributed by atoms with van der Waals surface area (Å²) >= 11 is 0. The second-order valence-corrected chi connectivity index (χ2v) is 0. The van der Waals surface area contributed by atoms with Crippen molar-refractivity contribution in [2.75, 3.05) is 7.05 Å². The van der Waals surface area contributed by atoms with E-state index >= 15 is 0 Å². The van der Waals surface area contributed by atoms with E-state index in [9.17, 15) is 0 Å². The number of hydrogen-bond acceptors (Lipinski definition) is 0. The van der Waals surface area contributed by atoms with Crippen molar-refractivity contribution in [1.82, 2.24) is 0 Å². The molecule has 2 heteroatoms. The van der Waals surface area contributed by atoms with Crippen LogP contribution >= 0.6 is 0 Å². The summed E-state index contributed by atoms with van der Waals surface area (Å²) < 4.78 is 0. The maximum Gasteiger partial charge on any atom is 2.00 e. The number of rotatable bonds is 0. The molecule has 0 rings (SSSR count). The van der Waals surface area contributed by atoms with Gasteiger partial charge in [0, 0.05) is 0 Å². The topological polar surface area (TPSA) is 23.8 Å². The predicted octanol–water partition coefficient (Wildman–Crippen LogP) is 1.51. The molecule has 0 aromatic carbocycles. The monoisotopic (exact) mass is 240 g/mol. The molecule has 0 aliphatic carbocycles. The van der Waals surface area contributed by atoms with Gasteiger partial charge in [0.2, 0.25) is 0 Å². The molecule has 0 spiro atoms. The van der Waals surface area contributed by atoms with E-state index in [0.29, 0.717) is 0 Å². The summed E-state index contributed by atoms with van der Waals surface area (Å²) in [6, 6.07) is 0. The van der Waals surface area contributed by atoms with Gasteiger partial charge in [0.05, 0.1) is 0 Å². The van der Waals surface area contributed by atoms with E-state index in [1.165, 1.54) is 7.05 Å². The van der Waals surface area contributed by atoms with Crippen LogP contribution in [-0.2, 0) is 22.4 Å². The molecule has 0 unspecified atom stereocenters. The number of nitrogens with one attached hydrogen (secondary N) is 1. The van der Waals surface area contributed by atoms with Gasteiger partial charge in [0.25, 0.3) is 0 Å². The molecule has 0 aromatic heterocycles. The van der Waals surface area contributed by atoms with Crippen molar-refractivity contribution in [3.8, 4) is 0 Å². The van der Waals surface area contributed by atoms with Crippen LogP contribution in [0.5, 0.6) is 0 Å². The molecule has 5 heavy (non-hydrogen) atoms. The minimum absolute atomic E-state index is 0. The molecule has 0 aromatic rings. The average Bonchev–Trinajstić information content (AvgIpc) is 1.50. The van der Waals surface area contributed by atoms with E-state index in [-0.39, 0.29) is 22.4 Å². The largest absolute Gasteiger partial charge is 2.00 e. The van der Waals surface area contributed by atoms with Crippen LogP contribution < -0.4 is 0 Å². The summed E-state index contributed by atoms with van der Waals surface area (Å²) in [5, 5.41) is 0. The quantitative estimate of drug-likeness (QED) is 0.573. The molecule has 0 aliphatic rings. The molecule has 0 bridgehead atoms. The normalized spacial score (nSPS) is 2.40. The maximum atomic E-state index is 5.75. The SMILES string of the molecule is C[NH-].[CH2-]C.[Ta+2]. The molecular formula is C3H9NTa. The van der Waals surface area contributed by atoms with E-state index in [1.807, 2.05) is 0 Å². The van der Waals surface area contributed by atoms with Gasteiger partial charge in [0.15, 0.2) is 0 Å². The first-order valence-corrected chi connectivity index (χ1v) is 1.21. The van der Waals surface area contributed by atoms with E-state index in [1.54, 1.807) is 6.92 Å². The van der Waals surface area contributed by atoms with Gasteiger partial charge >= 0.3 is 22.4 Å². The van der Waals surface area contributed by atoms with Crippen molar-refractivity contribution < 1.29 is 22.4 Å². The van der Waals surface area contributed by atoms with Crippen molar-refractivity contribution in [2.24, 2.45) is 0 Å². The van der Waals surface area contributed by atoms with Crippen LogP contribution in [0.3, 0.4) is 0 Å². The fourth-order valence-electron chi connectivity index (χ4n) is 0. The molecule has 1 N–H and O–H groups in total. The van der Waals surface area contributed by atoms with E-state index in [2.05, 4.69) is 6.92 Å². The Morgan fingerprint density at radius 3 is 1.20 bits per heavy atom. The van der Waals surface area contributed by atoms with Crippen molar-refractivity contribution in [3.05, 3.63) is 12.7 Å². The Kier molecular flexibility index (Phi) is 453. The summed E-state index contributed by atoms with van der Waals surface area (Å²) in [4.78, 5) is 0. The first kappa shape index (κ1) is 17.3. The minimum Gasteiger partial charge on any atom is -0.680 e. The molecule has 31 valence electrons. The van der Waals surface area contributed by atoms with E-state index < -0.39 is 0 Å². The molecule has 0 fully saturated rings. The molecule has 0 amide bonds. The van der Waals surface area contributed by atoms with Crippen molar-refractivity contribution in [2.45, 2.75) is 6.92 Å². The van der Waals surface area contributed by atoms with Gasteiger partial charge in [-0.25, -0.2) is 0 Å². The predicted molar refractivity (Wildman–Crippen MR) is 21.3 cm³/mol. The fourth-order valence-corrected chi connectivity index (χ4v) is 0. The minimum atomic E-state index is 0. The van der Waals surface area contributed by atoms with Crippen LogP contribution in [0.25, 0.3) is 5.73 Å². The molecule has 0 saturated carbocycles. The van der Waals surface area contributed by atoms with Crippen LogP contribution in [0.4, 0.5) is 0 Å². The van der Waals surface area contributed by atoms with E-state index in [4.69, 9.17) is 5.73 Å². The molecule has 1 nitrogen and oxygen atoms in total. The smallest absolute Gasteiger partial charge is 0.680 e. The van der Waals surface area contributed by atoms with Crippen LogP contribution in [0.1, 0.15) is 6.92 Å². The van der Waals surface area contributed by atoms with Gasteiger partial charge in [0.1, 0.15) is 0 Å². The average molecular weight is 240 g/mol. The Bertz CT molecular complexity index is 6.85. The Morgan fingerprint density at radius 2 is 1.20 bits per heavy atom. The van der Waals surface area contributed by atoms with Crippen molar-refractivity contribution >= 4 is 0 Å². The second-order valence-electron chi connectivity index (χ2n) is 0. The van der Waals surface area contributed by atoms with Gasteiger partial charge in [-0.3, -0.25) is 0 Å². The molecule has 0 saturated heterocycles. The first-order valence-electron chi connectivity index (χ1n) is 1.21. The van der Waals surface area contributed by atoms with E-state index in [0.717, 1.165) is 0 Å². The van der Waals surface area contributed by atoms with Gasteiger partial charge in [-0.2, -0.15) is 14.0 Å². The molecule has 0 atom stereocenters. The summed E-state index contributed by atoms with van der Waals surface area (Å²) in [5.41, 5.74) is 5.75. The summed E-state index contributed by atoms with van der Waals surface area (Å²) in [6.45, 7) is 5.00. The second kappa shape index (κ2) is 131. The third kappa shape index (κ3) is 69.9. The van der Waals surface area contributed by atoms with Crippen LogP contribution in [0.15, 0.2) is 0 Å². The zero-order chi connectivity index (χ0) is 4.00. The van der Waals surface area contributed by atoms with Crippen LogP contribution in [0, 0.1) is 6.92 Å². The summed E-state index contributed by atoms with van der Waals surface area (Å²) in [6.07, 6.45) is 0. The zero-order valence-corrected chi connectivity index (χ0v) is 6.87. The Morgan fingerprint density at radius 1 is 1.20 bits per heavy atom. The van der Waals surface area contributed by atoms with Crippen molar-refractivity contribution in [1.29, 1.82) is 0 Å². The van der Waals surface area contributed by atoms with Gasteiger partial charge < -0.3 is 12.7 Å². The van der Waals surface area contributed by atoms with Crippen LogP contribution in [0.2, 0.25) is 0 Å². The zero-order valence-electron chi connectivity index (χ0n) is 3.65. The first-order chi connectivity index (χ1) is 2.00. The van der Waals surface area contributed by atoms with Crippen molar-refractivity contribution in [3.63, 3.8) is 0 Å². The Labute approximate surface area is 49.4 Å². The fraction of sp³-hybridized carbons (Fsp3) is 0.667. The standard InChI is InChI=1S/C2H5.CH4N.Ta/c2*1-2;/h1H2,2H3;2H,1H3;/q2*-1;+2. The third-order valence-corrected chi connectivity index (χ3v) is 0. The van der Waals surface area contributed by atoms with Gasteiger partial charge in [-0.15, -0.1) is 0 Å². The van der Waals surface area contributed by atoms with Crippen LogP contribution in [-0.4, -0.2) is 7.05 Å². The molecule has 0 heterocycles. The Balaban J connectivity index is -0.0000000133.